The first kappa shape index (κ1) is 10.9. The molecule has 1 amide bonds. The first-order chi connectivity index (χ1) is 7.09. The van der Waals surface area contributed by atoms with E-state index in [9.17, 15) is 14.7 Å². The quantitative estimate of drug-likeness (QED) is 0.591. The maximum atomic E-state index is 11.2. The molecule has 2 fully saturated rings. The Morgan fingerprint density at radius 1 is 1.87 bits per heavy atom. The van der Waals surface area contributed by atoms with Crippen LogP contribution in [0, 0.1) is 0 Å². The van der Waals surface area contributed by atoms with Crippen LogP contribution in [0.2, 0.25) is 0 Å². The summed E-state index contributed by atoms with van der Waals surface area (Å²) >= 11 is 2.72. The summed E-state index contributed by atoms with van der Waals surface area (Å²) in [5, 5.41) is 9.30. The molecular weight excluding hydrogens is 234 g/mol. The van der Waals surface area contributed by atoms with Crippen molar-refractivity contribution in [1.82, 2.24) is 4.90 Å². The number of carbonyl (C=O) groups is 2. The van der Waals surface area contributed by atoms with E-state index < -0.39 is 10.0 Å². The van der Waals surface area contributed by atoms with E-state index in [1.165, 1.54) is 23.5 Å². The van der Waals surface area contributed by atoms with Crippen LogP contribution in [-0.4, -0.2) is 43.6 Å². The lowest BCUT2D eigenvalue weighted by Gasteiger charge is -2.32. The second-order valence-corrected chi connectivity index (χ2v) is 6.51. The van der Waals surface area contributed by atoms with Crippen LogP contribution < -0.4 is 0 Å². The van der Waals surface area contributed by atoms with Gasteiger partial charge in [0.05, 0.1) is 18.3 Å². The molecule has 1 N–H and O–H groups in total. The van der Waals surface area contributed by atoms with Gasteiger partial charge >= 0.3 is 5.97 Å². The number of aliphatic carboxylic acids is 1. The van der Waals surface area contributed by atoms with E-state index in [0.29, 0.717) is 18.7 Å². The van der Waals surface area contributed by atoms with E-state index in [-0.39, 0.29) is 11.3 Å². The summed E-state index contributed by atoms with van der Waals surface area (Å²) in [4.78, 5) is 24.1. The molecule has 15 heavy (non-hydrogen) atoms. The van der Waals surface area contributed by atoms with Crippen LogP contribution in [-0.2, 0) is 9.59 Å². The lowest BCUT2D eigenvalue weighted by Crippen LogP contribution is -2.48. The molecule has 2 saturated heterocycles. The van der Waals surface area contributed by atoms with Gasteiger partial charge in [-0.05, 0) is 0 Å². The number of carbonyl (C=O) groups excluding carboxylic acids is 1. The van der Waals surface area contributed by atoms with E-state index in [1.54, 1.807) is 11.0 Å². The molecule has 4 nitrogen and oxygen atoms in total. The summed E-state index contributed by atoms with van der Waals surface area (Å²) in [6.45, 7) is 3.89. The van der Waals surface area contributed by atoms with Crippen molar-refractivity contribution >= 4 is 35.4 Å². The molecule has 0 bridgehead atoms. The van der Waals surface area contributed by atoms with Crippen LogP contribution in [0.25, 0.3) is 0 Å². The molecule has 0 radical (unpaired) electrons. The Morgan fingerprint density at radius 3 is 3.07 bits per heavy atom. The van der Waals surface area contributed by atoms with Crippen LogP contribution >= 0.6 is 23.5 Å². The Bertz CT molecular complexity index is 333. The van der Waals surface area contributed by atoms with Gasteiger partial charge in [-0.15, -0.1) is 30.1 Å². The van der Waals surface area contributed by atoms with Gasteiger partial charge in [0.2, 0.25) is 5.91 Å². The molecule has 82 valence electrons. The molecular formula is C9H11NO3S2. The van der Waals surface area contributed by atoms with Gasteiger partial charge in [0.25, 0.3) is 0 Å². The molecule has 6 heteroatoms. The minimum absolute atomic E-state index is 0.0647. The monoisotopic (exact) mass is 245 g/mol. The first-order valence-electron chi connectivity index (χ1n) is 4.54. The van der Waals surface area contributed by atoms with E-state index in [2.05, 4.69) is 6.58 Å². The zero-order valence-electron chi connectivity index (χ0n) is 8.01. The van der Waals surface area contributed by atoms with Gasteiger partial charge in [-0.25, -0.2) is 4.79 Å². The zero-order valence-corrected chi connectivity index (χ0v) is 9.64. The van der Waals surface area contributed by atoms with E-state index in [4.69, 9.17) is 0 Å². The molecule has 0 spiro atoms. The van der Waals surface area contributed by atoms with Gasteiger partial charge in [-0.3, -0.25) is 4.79 Å². The number of hydrogen-bond donors (Lipinski definition) is 1. The fourth-order valence-corrected chi connectivity index (χ4v) is 4.50. The van der Waals surface area contributed by atoms with Crippen molar-refractivity contribution in [3.8, 4) is 0 Å². The summed E-state index contributed by atoms with van der Waals surface area (Å²) in [5.41, 5.74) is 0. The van der Waals surface area contributed by atoms with E-state index in [1.807, 2.05) is 0 Å². The van der Waals surface area contributed by atoms with E-state index >= 15 is 0 Å². The van der Waals surface area contributed by atoms with Gasteiger partial charge in [0, 0.05) is 5.75 Å². The fraction of sp³-hybridized carbons (Fsp3) is 0.556. The second kappa shape index (κ2) is 3.75. The predicted molar refractivity (Wildman–Crippen MR) is 60.7 cm³/mol. The number of carboxylic acid groups (broad SMARTS) is 1. The van der Waals surface area contributed by atoms with Gasteiger partial charge in [-0.2, -0.15) is 0 Å². The van der Waals surface area contributed by atoms with Crippen LogP contribution in [0.4, 0.5) is 0 Å². The predicted octanol–water partition coefficient (Wildman–Crippen LogP) is 0.992. The summed E-state index contributed by atoms with van der Waals surface area (Å²) < 4.78 is -0.884. The zero-order chi connectivity index (χ0) is 11.1. The number of carboxylic acids is 1. The summed E-state index contributed by atoms with van der Waals surface area (Å²) in [5.74, 6) is -0.190. The maximum absolute atomic E-state index is 11.2. The summed E-state index contributed by atoms with van der Waals surface area (Å²) in [7, 11) is 0. The molecule has 0 aromatic rings. The highest BCUT2D eigenvalue weighted by Gasteiger charge is 2.57. The van der Waals surface area contributed by atoms with Crippen molar-refractivity contribution in [2.24, 2.45) is 0 Å². The molecule has 2 atom stereocenters. The number of hydrogen-bond acceptors (Lipinski definition) is 4. The number of thioether (sulfide) groups is 2. The molecule has 2 heterocycles. The topological polar surface area (TPSA) is 57.6 Å². The van der Waals surface area contributed by atoms with Gasteiger partial charge < -0.3 is 10.0 Å². The number of amides is 1. The highest BCUT2D eigenvalue weighted by molar-refractivity contribution is 8.20. The van der Waals surface area contributed by atoms with Gasteiger partial charge in [0.1, 0.15) is 0 Å². The molecule has 2 aliphatic heterocycles. The summed E-state index contributed by atoms with van der Waals surface area (Å²) in [6.07, 6.45) is 2.17. The van der Waals surface area contributed by atoms with Crippen molar-refractivity contribution in [3.63, 3.8) is 0 Å². The lowest BCUT2D eigenvalue weighted by molar-refractivity contribution is -0.142. The minimum atomic E-state index is -0.884. The average Bonchev–Trinajstić information content (AvgIpc) is 2.50. The van der Waals surface area contributed by atoms with Crippen molar-refractivity contribution < 1.29 is 14.7 Å². The highest BCUT2D eigenvalue weighted by Crippen LogP contribution is 2.52. The number of rotatable bonds is 4. The average molecular weight is 245 g/mol. The standard InChI is InChI=1S/C9H11NO3S2/c1-2-3-14-9(8(12)13)5-10-6(11)4-7(10)15-9/h2,7H,1,3-5H2,(H,12,13)/t7-,9?/m1/s1. The van der Waals surface area contributed by atoms with E-state index in [0.717, 1.165) is 0 Å². The molecule has 0 aliphatic carbocycles. The molecule has 2 rings (SSSR count). The third-order valence-corrected chi connectivity index (χ3v) is 5.67. The Balaban J connectivity index is 2.11. The maximum Gasteiger partial charge on any atom is 0.332 e. The second-order valence-electron chi connectivity index (χ2n) is 3.46. The van der Waals surface area contributed by atoms with Gasteiger partial charge in [-0.1, -0.05) is 6.08 Å². The largest absolute Gasteiger partial charge is 0.480 e. The number of nitrogens with zero attached hydrogens (tertiary/aromatic N) is 1. The first-order valence-corrected chi connectivity index (χ1v) is 6.41. The normalized spacial score (nSPS) is 33.5. The number of β-lactam (4-membered cyclic amide) rings is 1. The molecule has 1 unspecified atom stereocenters. The molecule has 0 saturated carbocycles. The smallest absolute Gasteiger partial charge is 0.332 e. The highest BCUT2D eigenvalue weighted by atomic mass is 32.2. The Kier molecular flexibility index (Phi) is 2.72. The van der Waals surface area contributed by atoms with Crippen molar-refractivity contribution in [2.75, 3.05) is 12.3 Å². The minimum Gasteiger partial charge on any atom is -0.480 e. The molecule has 0 aromatic heterocycles. The Hall–Kier alpha value is -0.620. The van der Waals surface area contributed by atoms with Crippen LogP contribution in [0.1, 0.15) is 6.42 Å². The van der Waals surface area contributed by atoms with Gasteiger partial charge in [0.15, 0.2) is 4.08 Å². The Labute approximate surface area is 96.1 Å². The van der Waals surface area contributed by atoms with Crippen LogP contribution in [0.3, 0.4) is 0 Å². The SMILES string of the molecule is C=CCSC1(C(=O)O)CN2C(=O)C[C@H]2S1. The summed E-state index contributed by atoms with van der Waals surface area (Å²) in [6, 6.07) is 0. The Morgan fingerprint density at radius 2 is 2.60 bits per heavy atom. The fourth-order valence-electron chi connectivity index (χ4n) is 1.65. The number of fused-ring (bicyclic) bond motifs is 1. The van der Waals surface area contributed by atoms with Crippen molar-refractivity contribution in [1.29, 1.82) is 0 Å². The molecule has 2 aliphatic rings. The lowest BCUT2D eigenvalue weighted by atomic mass is 10.2. The third kappa shape index (κ3) is 1.65. The third-order valence-electron chi connectivity index (χ3n) is 2.48. The molecule has 0 aromatic carbocycles. The van der Waals surface area contributed by atoms with Crippen LogP contribution in [0.5, 0.6) is 0 Å². The van der Waals surface area contributed by atoms with Crippen LogP contribution in [0.15, 0.2) is 12.7 Å². The van der Waals surface area contributed by atoms with Crippen molar-refractivity contribution in [3.05, 3.63) is 12.7 Å². The van der Waals surface area contributed by atoms with Crippen molar-refractivity contribution in [2.45, 2.75) is 15.9 Å².